The Morgan fingerprint density at radius 2 is 1.92 bits per heavy atom. The van der Waals surface area contributed by atoms with Gasteiger partial charge in [-0.1, -0.05) is 43.2 Å². The van der Waals surface area contributed by atoms with Crippen molar-refractivity contribution in [1.29, 1.82) is 0 Å². The summed E-state index contributed by atoms with van der Waals surface area (Å²) in [6.45, 7) is 0. The molecule has 0 aromatic heterocycles. The number of carbonyl (C=O) groups excluding carboxylic acids is 2. The number of primary amides is 2. The van der Waals surface area contributed by atoms with Crippen LogP contribution in [0, 0.1) is 18.3 Å². The summed E-state index contributed by atoms with van der Waals surface area (Å²) in [5, 5.41) is 21.3. The molecule has 0 spiro atoms. The Labute approximate surface area is 148 Å². The molecule has 1 fully saturated rings. The monoisotopic (exact) mass is 347 g/mol. The van der Waals surface area contributed by atoms with Crippen LogP contribution in [0.5, 0.6) is 0 Å². The quantitative estimate of drug-likeness (QED) is 0.552. The molecule has 0 saturated heterocycles. The Hall–Kier alpha value is -1.92. The van der Waals surface area contributed by atoms with Crippen molar-refractivity contribution in [3.63, 3.8) is 0 Å². The first-order chi connectivity index (χ1) is 11.8. The highest BCUT2D eigenvalue weighted by Crippen LogP contribution is 2.41. The van der Waals surface area contributed by atoms with Gasteiger partial charge in [0.05, 0.1) is 23.5 Å². The Morgan fingerprint density at radius 3 is 2.52 bits per heavy atom. The van der Waals surface area contributed by atoms with Gasteiger partial charge in [-0.25, -0.2) is 0 Å². The highest BCUT2D eigenvalue weighted by atomic mass is 16.3. The number of hydrogen-bond donors (Lipinski definition) is 4. The normalized spacial score (nSPS) is 25.9. The second kappa shape index (κ2) is 8.45. The minimum absolute atomic E-state index is 0.0254. The van der Waals surface area contributed by atoms with Gasteiger partial charge < -0.3 is 21.7 Å². The van der Waals surface area contributed by atoms with Crippen molar-refractivity contribution >= 4 is 11.8 Å². The van der Waals surface area contributed by atoms with Crippen molar-refractivity contribution in [2.75, 3.05) is 0 Å². The molecule has 0 bridgehead atoms. The van der Waals surface area contributed by atoms with Crippen LogP contribution in [0.1, 0.15) is 37.7 Å². The zero-order chi connectivity index (χ0) is 18.4. The van der Waals surface area contributed by atoms with Crippen molar-refractivity contribution in [1.82, 2.24) is 0 Å². The van der Waals surface area contributed by atoms with Crippen LogP contribution in [0.25, 0.3) is 0 Å². The molecule has 1 unspecified atom stereocenters. The second-order valence-corrected chi connectivity index (χ2v) is 6.88. The van der Waals surface area contributed by atoms with E-state index in [0.29, 0.717) is 19.3 Å². The largest absolute Gasteiger partial charge is 0.393 e. The maximum atomic E-state index is 12.0. The average Bonchev–Trinajstić information content (AvgIpc) is 2.58. The lowest BCUT2D eigenvalue weighted by atomic mass is 9.66. The first-order valence-corrected chi connectivity index (χ1v) is 8.71. The van der Waals surface area contributed by atoms with E-state index in [1.165, 1.54) is 0 Å². The summed E-state index contributed by atoms with van der Waals surface area (Å²) in [6, 6.07) is 9.60. The van der Waals surface area contributed by atoms with Gasteiger partial charge in [0.2, 0.25) is 11.8 Å². The SMILES string of the molecule is NC(=O)C1CCCC[C@@]1(O)[C@@H](C[C@@H](O)[CH]Cc1ccccc1)C(N)=O. The summed E-state index contributed by atoms with van der Waals surface area (Å²) in [7, 11) is 0. The number of amides is 2. The predicted molar refractivity (Wildman–Crippen MR) is 93.9 cm³/mol. The molecule has 1 aromatic rings. The maximum absolute atomic E-state index is 12.0. The molecular formula is C19H27N2O4. The van der Waals surface area contributed by atoms with Crippen LogP contribution in [0.3, 0.4) is 0 Å². The fourth-order valence-corrected chi connectivity index (χ4v) is 3.78. The molecule has 0 heterocycles. The lowest BCUT2D eigenvalue weighted by molar-refractivity contribution is -0.154. The smallest absolute Gasteiger partial charge is 0.223 e. The van der Waals surface area contributed by atoms with E-state index in [9.17, 15) is 19.8 Å². The summed E-state index contributed by atoms with van der Waals surface area (Å²) < 4.78 is 0. The van der Waals surface area contributed by atoms with Crippen LogP contribution in [-0.4, -0.2) is 33.7 Å². The summed E-state index contributed by atoms with van der Waals surface area (Å²) in [5.74, 6) is -3.19. The standard InChI is InChI=1S/C19H27N2O4/c20-17(23)15-8-4-5-11-19(15,25)16(18(21)24)12-14(22)10-9-13-6-2-1-3-7-13/h1-3,6-7,10,14-16,22,25H,4-5,8-9,11-12H2,(H2,20,23)(H2,21,24)/t14-,15?,16-,19-/m0/s1. The Bertz CT molecular complexity index is 592. The van der Waals surface area contributed by atoms with E-state index in [1.807, 2.05) is 30.3 Å². The average molecular weight is 347 g/mol. The van der Waals surface area contributed by atoms with Gasteiger partial charge in [0, 0.05) is 0 Å². The predicted octanol–water partition coefficient (Wildman–Crippen LogP) is 0.692. The molecule has 1 aromatic carbocycles. The molecular weight excluding hydrogens is 320 g/mol. The van der Waals surface area contributed by atoms with Crippen molar-refractivity contribution < 1.29 is 19.8 Å². The molecule has 6 N–H and O–H groups in total. The minimum Gasteiger partial charge on any atom is -0.393 e. The van der Waals surface area contributed by atoms with Crippen LogP contribution in [-0.2, 0) is 16.0 Å². The molecule has 4 atom stereocenters. The van der Waals surface area contributed by atoms with Crippen molar-refractivity contribution in [3.05, 3.63) is 42.3 Å². The molecule has 1 aliphatic rings. The highest BCUT2D eigenvalue weighted by molar-refractivity contribution is 5.82. The molecule has 137 valence electrons. The molecule has 2 rings (SSSR count). The van der Waals surface area contributed by atoms with Crippen LogP contribution in [0.2, 0.25) is 0 Å². The van der Waals surface area contributed by atoms with Crippen LogP contribution in [0.4, 0.5) is 0 Å². The van der Waals surface area contributed by atoms with Gasteiger partial charge in [-0.3, -0.25) is 9.59 Å². The lowest BCUT2D eigenvalue weighted by Gasteiger charge is -2.43. The third kappa shape index (κ3) is 4.80. The first-order valence-electron chi connectivity index (χ1n) is 8.71. The molecule has 1 aliphatic carbocycles. The molecule has 1 saturated carbocycles. The fraction of sp³-hybridized carbons (Fsp3) is 0.526. The van der Waals surface area contributed by atoms with E-state index >= 15 is 0 Å². The number of carbonyl (C=O) groups is 2. The van der Waals surface area contributed by atoms with E-state index in [4.69, 9.17) is 11.5 Å². The van der Waals surface area contributed by atoms with Crippen molar-refractivity contribution in [2.24, 2.45) is 23.3 Å². The number of nitrogens with two attached hydrogens (primary N) is 2. The summed E-state index contributed by atoms with van der Waals surface area (Å²) in [6.07, 6.45) is 3.43. The third-order valence-electron chi connectivity index (χ3n) is 5.16. The van der Waals surface area contributed by atoms with E-state index < -0.39 is 35.4 Å². The van der Waals surface area contributed by atoms with E-state index in [1.54, 1.807) is 6.42 Å². The number of aliphatic hydroxyl groups is 2. The topological polar surface area (TPSA) is 127 Å². The fourth-order valence-electron chi connectivity index (χ4n) is 3.78. The molecule has 6 heteroatoms. The zero-order valence-electron chi connectivity index (χ0n) is 14.3. The van der Waals surface area contributed by atoms with Gasteiger partial charge >= 0.3 is 0 Å². The first kappa shape index (κ1) is 19.4. The summed E-state index contributed by atoms with van der Waals surface area (Å²) in [4.78, 5) is 23.7. The number of rotatable bonds is 8. The van der Waals surface area contributed by atoms with E-state index in [2.05, 4.69) is 0 Å². The third-order valence-corrected chi connectivity index (χ3v) is 5.16. The molecule has 2 amide bonds. The number of aliphatic hydroxyl groups excluding tert-OH is 1. The Morgan fingerprint density at radius 1 is 1.24 bits per heavy atom. The second-order valence-electron chi connectivity index (χ2n) is 6.88. The van der Waals surface area contributed by atoms with E-state index in [0.717, 1.165) is 12.0 Å². The van der Waals surface area contributed by atoms with Crippen molar-refractivity contribution in [2.45, 2.75) is 50.2 Å². The van der Waals surface area contributed by atoms with Gasteiger partial charge in [-0.2, -0.15) is 0 Å². The van der Waals surface area contributed by atoms with Gasteiger partial charge in [0.25, 0.3) is 0 Å². The number of benzene rings is 1. The van der Waals surface area contributed by atoms with Gasteiger partial charge in [0.15, 0.2) is 0 Å². The molecule has 1 radical (unpaired) electrons. The summed E-state index contributed by atoms with van der Waals surface area (Å²) >= 11 is 0. The minimum atomic E-state index is -1.59. The summed E-state index contributed by atoms with van der Waals surface area (Å²) in [5.41, 5.74) is 10.4. The van der Waals surface area contributed by atoms with Gasteiger partial charge in [0.1, 0.15) is 0 Å². The maximum Gasteiger partial charge on any atom is 0.223 e. The van der Waals surface area contributed by atoms with Crippen LogP contribution in [0.15, 0.2) is 30.3 Å². The zero-order valence-corrected chi connectivity index (χ0v) is 14.3. The number of hydrogen-bond acceptors (Lipinski definition) is 4. The molecule has 25 heavy (non-hydrogen) atoms. The van der Waals surface area contributed by atoms with Crippen LogP contribution < -0.4 is 11.5 Å². The van der Waals surface area contributed by atoms with Crippen molar-refractivity contribution in [3.8, 4) is 0 Å². The Balaban J connectivity index is 2.06. The molecule has 6 nitrogen and oxygen atoms in total. The lowest BCUT2D eigenvalue weighted by Crippen LogP contribution is -2.56. The van der Waals surface area contributed by atoms with E-state index in [-0.39, 0.29) is 12.8 Å². The highest BCUT2D eigenvalue weighted by Gasteiger charge is 2.50. The van der Waals surface area contributed by atoms with Gasteiger partial charge in [-0.15, -0.1) is 0 Å². The Kier molecular flexibility index (Phi) is 6.56. The van der Waals surface area contributed by atoms with Gasteiger partial charge in [-0.05, 0) is 37.7 Å². The molecule has 0 aliphatic heterocycles. The van der Waals surface area contributed by atoms with Crippen LogP contribution >= 0.6 is 0 Å².